The molecule has 1 fully saturated rings. The van der Waals surface area contributed by atoms with Gasteiger partial charge in [0.2, 0.25) is 0 Å². The van der Waals surface area contributed by atoms with E-state index < -0.39 is 6.10 Å². The molecular formula is C14H19NO3. The molecule has 0 aliphatic carbocycles. The summed E-state index contributed by atoms with van der Waals surface area (Å²) in [6.07, 6.45) is -0.479. The van der Waals surface area contributed by atoms with Crippen LogP contribution in [0.3, 0.4) is 0 Å². The molecule has 4 nitrogen and oxygen atoms in total. The van der Waals surface area contributed by atoms with E-state index in [0.717, 1.165) is 5.56 Å². The van der Waals surface area contributed by atoms with Crippen LogP contribution in [0.5, 0.6) is 5.75 Å². The van der Waals surface area contributed by atoms with Crippen molar-refractivity contribution in [1.82, 2.24) is 4.90 Å². The van der Waals surface area contributed by atoms with E-state index in [2.05, 4.69) is 0 Å². The SMILES string of the molecule is Cc1ccc(OC(C)C(=O)N2CC(CO)C2)cc1. The molecule has 0 spiro atoms. The van der Waals surface area contributed by atoms with Crippen LogP contribution in [0.4, 0.5) is 0 Å². The maximum Gasteiger partial charge on any atom is 0.263 e. The Bertz CT molecular complexity index is 410. The molecule has 1 unspecified atom stereocenters. The molecule has 0 bridgehead atoms. The molecule has 1 heterocycles. The molecule has 18 heavy (non-hydrogen) atoms. The van der Waals surface area contributed by atoms with Crippen LogP contribution in [0.25, 0.3) is 0 Å². The Hall–Kier alpha value is -1.55. The Kier molecular flexibility index (Phi) is 3.87. The summed E-state index contributed by atoms with van der Waals surface area (Å²) in [5, 5.41) is 8.92. The maximum atomic E-state index is 12.0. The van der Waals surface area contributed by atoms with E-state index in [1.54, 1.807) is 11.8 Å². The van der Waals surface area contributed by atoms with E-state index in [1.807, 2.05) is 31.2 Å². The Labute approximate surface area is 107 Å². The lowest BCUT2D eigenvalue weighted by molar-refractivity contribution is -0.145. The number of nitrogens with zero attached hydrogens (tertiary/aromatic N) is 1. The maximum absolute atomic E-state index is 12.0. The molecule has 1 aromatic carbocycles. The van der Waals surface area contributed by atoms with Crippen molar-refractivity contribution in [2.75, 3.05) is 19.7 Å². The summed E-state index contributed by atoms with van der Waals surface area (Å²) >= 11 is 0. The number of likely N-dealkylation sites (tertiary alicyclic amines) is 1. The topological polar surface area (TPSA) is 49.8 Å². The number of hydrogen-bond acceptors (Lipinski definition) is 3. The van der Waals surface area contributed by atoms with Crippen molar-refractivity contribution in [2.45, 2.75) is 20.0 Å². The van der Waals surface area contributed by atoms with Crippen LogP contribution in [0, 0.1) is 12.8 Å². The summed E-state index contributed by atoms with van der Waals surface area (Å²) in [4.78, 5) is 13.7. The average Bonchev–Trinajstić information content (AvgIpc) is 2.30. The molecule has 0 saturated carbocycles. The Balaban J connectivity index is 1.86. The quantitative estimate of drug-likeness (QED) is 0.872. The fourth-order valence-electron chi connectivity index (χ4n) is 1.99. The van der Waals surface area contributed by atoms with Crippen LogP contribution in [0.15, 0.2) is 24.3 Å². The lowest BCUT2D eigenvalue weighted by atomic mass is 10.0. The third kappa shape index (κ3) is 2.82. The lowest BCUT2D eigenvalue weighted by Gasteiger charge is -2.39. The predicted octanol–water partition coefficient (Wildman–Crippen LogP) is 1.21. The average molecular weight is 249 g/mol. The van der Waals surface area contributed by atoms with Gasteiger partial charge in [-0.3, -0.25) is 4.79 Å². The first-order valence-corrected chi connectivity index (χ1v) is 6.23. The zero-order valence-corrected chi connectivity index (χ0v) is 10.8. The molecule has 1 aliphatic heterocycles. The van der Waals surface area contributed by atoms with Gasteiger partial charge in [0.25, 0.3) is 5.91 Å². The van der Waals surface area contributed by atoms with Crippen molar-refractivity contribution in [2.24, 2.45) is 5.92 Å². The number of carbonyl (C=O) groups is 1. The monoisotopic (exact) mass is 249 g/mol. The summed E-state index contributed by atoms with van der Waals surface area (Å²) in [5.74, 6) is 0.932. The van der Waals surface area contributed by atoms with Crippen LogP contribution < -0.4 is 4.74 Å². The molecule has 1 N–H and O–H groups in total. The summed E-state index contributed by atoms with van der Waals surface area (Å²) in [5.41, 5.74) is 1.16. The Morgan fingerprint density at radius 2 is 2.06 bits per heavy atom. The second-order valence-corrected chi connectivity index (χ2v) is 4.86. The van der Waals surface area contributed by atoms with Gasteiger partial charge in [0.15, 0.2) is 6.10 Å². The number of aliphatic hydroxyl groups excluding tert-OH is 1. The van der Waals surface area contributed by atoms with Crippen LogP contribution in [-0.4, -0.2) is 41.7 Å². The molecular weight excluding hydrogens is 230 g/mol. The van der Waals surface area contributed by atoms with E-state index >= 15 is 0 Å². The van der Waals surface area contributed by atoms with Gasteiger partial charge < -0.3 is 14.7 Å². The minimum atomic E-state index is -0.479. The van der Waals surface area contributed by atoms with Gasteiger partial charge in [-0.15, -0.1) is 0 Å². The fraction of sp³-hybridized carbons (Fsp3) is 0.500. The molecule has 0 radical (unpaired) electrons. The largest absolute Gasteiger partial charge is 0.481 e. The standard InChI is InChI=1S/C14H19NO3/c1-10-3-5-13(6-4-10)18-11(2)14(17)15-7-12(8-15)9-16/h3-6,11-12,16H,7-9H2,1-2H3. The summed E-state index contributed by atoms with van der Waals surface area (Å²) < 4.78 is 5.60. The number of ether oxygens (including phenoxy) is 1. The molecule has 1 aliphatic rings. The van der Waals surface area contributed by atoms with Crippen LogP contribution >= 0.6 is 0 Å². The van der Waals surface area contributed by atoms with Crippen molar-refractivity contribution in [1.29, 1.82) is 0 Å². The van der Waals surface area contributed by atoms with Gasteiger partial charge in [-0.25, -0.2) is 0 Å². The Morgan fingerprint density at radius 3 is 2.61 bits per heavy atom. The molecule has 1 amide bonds. The first kappa shape index (κ1) is 12.9. The normalized spacial score (nSPS) is 17.2. The zero-order chi connectivity index (χ0) is 13.1. The molecule has 4 heteroatoms. The molecule has 98 valence electrons. The molecule has 1 aromatic rings. The van der Waals surface area contributed by atoms with E-state index in [0.29, 0.717) is 18.8 Å². The summed E-state index contributed by atoms with van der Waals surface area (Å²) in [6.45, 7) is 5.19. The van der Waals surface area contributed by atoms with Gasteiger partial charge in [-0.1, -0.05) is 17.7 Å². The number of amides is 1. The van der Waals surface area contributed by atoms with E-state index in [4.69, 9.17) is 9.84 Å². The van der Waals surface area contributed by atoms with Crippen LogP contribution in [0.2, 0.25) is 0 Å². The van der Waals surface area contributed by atoms with Gasteiger partial charge in [-0.05, 0) is 26.0 Å². The van der Waals surface area contributed by atoms with Crippen LogP contribution in [0.1, 0.15) is 12.5 Å². The lowest BCUT2D eigenvalue weighted by Crippen LogP contribution is -2.54. The predicted molar refractivity (Wildman–Crippen MR) is 68.4 cm³/mol. The highest BCUT2D eigenvalue weighted by atomic mass is 16.5. The highest BCUT2D eigenvalue weighted by Crippen LogP contribution is 2.18. The second kappa shape index (κ2) is 5.40. The van der Waals surface area contributed by atoms with Crippen molar-refractivity contribution in [3.05, 3.63) is 29.8 Å². The minimum Gasteiger partial charge on any atom is -0.481 e. The van der Waals surface area contributed by atoms with E-state index in [-0.39, 0.29) is 18.4 Å². The highest BCUT2D eigenvalue weighted by molar-refractivity contribution is 5.81. The van der Waals surface area contributed by atoms with Crippen LogP contribution in [-0.2, 0) is 4.79 Å². The number of aryl methyl sites for hydroxylation is 1. The van der Waals surface area contributed by atoms with Crippen molar-refractivity contribution >= 4 is 5.91 Å². The number of hydrogen-bond donors (Lipinski definition) is 1. The van der Waals surface area contributed by atoms with Crippen molar-refractivity contribution < 1.29 is 14.6 Å². The first-order chi connectivity index (χ1) is 8.60. The third-order valence-corrected chi connectivity index (χ3v) is 3.21. The summed E-state index contributed by atoms with van der Waals surface area (Å²) in [6, 6.07) is 7.65. The number of carbonyl (C=O) groups excluding carboxylic acids is 1. The Morgan fingerprint density at radius 1 is 1.44 bits per heavy atom. The number of benzene rings is 1. The van der Waals surface area contributed by atoms with Gasteiger partial charge in [0.05, 0.1) is 0 Å². The molecule has 1 saturated heterocycles. The molecule has 2 rings (SSSR count). The minimum absolute atomic E-state index is 0.0136. The van der Waals surface area contributed by atoms with E-state index in [9.17, 15) is 4.79 Å². The molecule has 0 aromatic heterocycles. The first-order valence-electron chi connectivity index (χ1n) is 6.23. The smallest absolute Gasteiger partial charge is 0.263 e. The molecule has 1 atom stereocenters. The van der Waals surface area contributed by atoms with Gasteiger partial charge in [-0.2, -0.15) is 0 Å². The third-order valence-electron chi connectivity index (χ3n) is 3.21. The highest BCUT2D eigenvalue weighted by Gasteiger charge is 2.33. The number of aliphatic hydroxyl groups is 1. The zero-order valence-electron chi connectivity index (χ0n) is 10.8. The van der Waals surface area contributed by atoms with E-state index in [1.165, 1.54) is 0 Å². The number of rotatable bonds is 4. The second-order valence-electron chi connectivity index (χ2n) is 4.86. The fourth-order valence-corrected chi connectivity index (χ4v) is 1.99. The van der Waals surface area contributed by atoms with Gasteiger partial charge in [0.1, 0.15) is 5.75 Å². The van der Waals surface area contributed by atoms with Crippen molar-refractivity contribution in [3.8, 4) is 5.75 Å². The summed E-state index contributed by atoms with van der Waals surface area (Å²) in [7, 11) is 0. The van der Waals surface area contributed by atoms with Crippen molar-refractivity contribution in [3.63, 3.8) is 0 Å². The van der Waals surface area contributed by atoms with Gasteiger partial charge in [0, 0.05) is 25.6 Å². The van der Waals surface area contributed by atoms with Gasteiger partial charge >= 0.3 is 0 Å².